The summed E-state index contributed by atoms with van der Waals surface area (Å²) in [6, 6.07) is 9.26. The van der Waals surface area contributed by atoms with Gasteiger partial charge in [-0.3, -0.25) is 9.98 Å². The van der Waals surface area contributed by atoms with Gasteiger partial charge < -0.3 is 15.6 Å². The number of aliphatic imine (C=N–C) groups is 1. The molecule has 0 aliphatic carbocycles. The number of nitrogens with two attached hydrogens (primary N) is 1. The van der Waals surface area contributed by atoms with E-state index in [4.69, 9.17) is 15.6 Å². The van der Waals surface area contributed by atoms with Crippen LogP contribution in [0.4, 0.5) is 0 Å². The average molecular weight is 415 g/mol. The quantitative estimate of drug-likeness (QED) is 0.521. The molecule has 0 bridgehead atoms. The first-order chi connectivity index (χ1) is 14.7. The van der Waals surface area contributed by atoms with Crippen molar-refractivity contribution in [3.05, 3.63) is 107 Å². The molecule has 0 saturated carbocycles. The smallest absolute Gasteiger partial charge is 0.119 e. The molecule has 3 N–H and O–H groups in total. The molecule has 5 heteroatoms. The molecule has 0 spiro atoms. The highest BCUT2D eigenvalue weighted by Crippen LogP contribution is 2.14. The lowest BCUT2D eigenvalue weighted by atomic mass is 10.0. The van der Waals surface area contributed by atoms with Gasteiger partial charge in [0.25, 0.3) is 0 Å². The molecule has 0 atom stereocenters. The maximum Gasteiger partial charge on any atom is 0.119 e. The van der Waals surface area contributed by atoms with Gasteiger partial charge in [-0.1, -0.05) is 44.5 Å². The van der Waals surface area contributed by atoms with Gasteiger partial charge in [-0.15, -0.1) is 0 Å². The van der Waals surface area contributed by atoms with Gasteiger partial charge in [0.15, 0.2) is 0 Å². The summed E-state index contributed by atoms with van der Waals surface area (Å²) in [6.45, 7) is 19.7. The monoisotopic (exact) mass is 414 g/mol. The Morgan fingerprint density at radius 1 is 1.23 bits per heavy atom. The van der Waals surface area contributed by atoms with Crippen LogP contribution in [-0.2, 0) is 0 Å². The largest absolute Gasteiger partial charge is 0.463 e. The van der Waals surface area contributed by atoms with Crippen molar-refractivity contribution in [3.63, 3.8) is 0 Å². The van der Waals surface area contributed by atoms with Crippen molar-refractivity contribution in [2.24, 2.45) is 10.7 Å². The number of nitrogens with zero attached hydrogens (tertiary/aromatic N) is 2. The number of nitrogens with one attached hydrogen (secondary N) is 1. The van der Waals surface area contributed by atoms with Crippen molar-refractivity contribution in [2.75, 3.05) is 6.54 Å². The van der Waals surface area contributed by atoms with E-state index in [2.05, 4.69) is 36.3 Å². The van der Waals surface area contributed by atoms with Crippen molar-refractivity contribution in [1.82, 2.24) is 4.98 Å². The molecule has 0 aliphatic rings. The molecule has 0 aromatic carbocycles. The molecule has 0 amide bonds. The minimum atomic E-state index is 0.300. The fraction of sp³-hybridized carbons (Fsp3) is 0.115. The molecule has 0 radical (unpaired) electrons. The Hall–Kier alpha value is -3.83. The van der Waals surface area contributed by atoms with Crippen LogP contribution in [0.2, 0.25) is 0 Å². The van der Waals surface area contributed by atoms with Crippen molar-refractivity contribution in [2.45, 2.75) is 13.8 Å². The number of hydrogen-bond acceptors (Lipinski definition) is 5. The summed E-state index contributed by atoms with van der Waals surface area (Å²) >= 11 is 0. The molecule has 31 heavy (non-hydrogen) atoms. The third kappa shape index (κ3) is 10.5. The molecule has 1 aromatic rings. The zero-order valence-electron chi connectivity index (χ0n) is 18.3. The van der Waals surface area contributed by atoms with Gasteiger partial charge in [0, 0.05) is 25.2 Å². The zero-order chi connectivity index (χ0) is 23.2. The Morgan fingerprint density at radius 3 is 2.65 bits per heavy atom. The van der Waals surface area contributed by atoms with E-state index in [0.717, 1.165) is 28.5 Å². The normalized spacial score (nSPS) is 11.1. The Morgan fingerprint density at radius 2 is 1.97 bits per heavy atom. The number of allylic oxidation sites excluding steroid dienone is 5. The summed E-state index contributed by atoms with van der Waals surface area (Å²) in [5, 5.41) is 7.64. The number of hydrogen-bond donors (Lipinski definition) is 2. The molecule has 0 aliphatic heterocycles. The van der Waals surface area contributed by atoms with Crippen LogP contribution in [0.25, 0.3) is 18.7 Å². The first-order valence-electron chi connectivity index (χ1n) is 9.60. The van der Waals surface area contributed by atoms with Crippen molar-refractivity contribution < 1.29 is 4.42 Å². The lowest BCUT2D eigenvalue weighted by Gasteiger charge is -2.05. The number of aryl methyl sites for hydroxylation is 2. The second-order valence-electron chi connectivity index (χ2n) is 6.66. The molecule has 0 fully saturated rings. The summed E-state index contributed by atoms with van der Waals surface area (Å²) in [7, 11) is 0. The lowest BCUT2D eigenvalue weighted by molar-refractivity contribution is 0.490. The van der Waals surface area contributed by atoms with Gasteiger partial charge in [0.05, 0.1) is 11.0 Å². The third-order valence-electron chi connectivity index (χ3n) is 3.79. The van der Waals surface area contributed by atoms with Gasteiger partial charge in [-0.05, 0) is 66.5 Å². The molecule has 160 valence electrons. The van der Waals surface area contributed by atoms with E-state index in [1.807, 2.05) is 38.1 Å². The first-order valence-corrected chi connectivity index (χ1v) is 9.60. The van der Waals surface area contributed by atoms with Crippen molar-refractivity contribution in [1.29, 1.82) is 5.41 Å². The lowest BCUT2D eigenvalue weighted by Crippen LogP contribution is -2.06. The van der Waals surface area contributed by atoms with E-state index in [0.29, 0.717) is 28.8 Å². The van der Waals surface area contributed by atoms with Crippen LogP contribution in [0.5, 0.6) is 0 Å². The Labute approximate surface area is 184 Å². The minimum absolute atomic E-state index is 0.300. The van der Waals surface area contributed by atoms with Gasteiger partial charge in [-0.25, -0.2) is 0 Å². The second kappa shape index (κ2) is 13.4. The summed E-state index contributed by atoms with van der Waals surface area (Å²) in [4.78, 5) is 8.31. The highest BCUT2D eigenvalue weighted by molar-refractivity contribution is 5.81. The molecular formula is C26H30N4O. The van der Waals surface area contributed by atoms with Crippen LogP contribution in [0.1, 0.15) is 16.9 Å². The molecule has 5 nitrogen and oxygen atoms in total. The molecule has 1 rings (SSSR count). The Kier molecular flexibility index (Phi) is 10.9. The first kappa shape index (κ1) is 25.2. The second-order valence-corrected chi connectivity index (χ2v) is 6.66. The molecule has 0 unspecified atom stereocenters. The SMILES string of the molecule is C=C(/C=C\C=N/C(=C)C=N)/C=C(\CN)c1cc(C)cc(C)oc(=C)cccnc(=C)c1. The van der Waals surface area contributed by atoms with Crippen LogP contribution < -0.4 is 16.5 Å². The van der Waals surface area contributed by atoms with Crippen LogP contribution in [0, 0.1) is 19.3 Å². The molecule has 0 saturated heterocycles. The van der Waals surface area contributed by atoms with Crippen molar-refractivity contribution >= 4 is 31.2 Å². The standard InChI is InChI=1S/C26H30N4O/c1-19(9-7-11-30-22(4)17-27)14-26(18-28)25-15-20(2)13-24(6)31-23(5)10-8-12-29-21(3)16-25/h7-17,27H,1,3-5,18,28H2,2,6H3/b9-7-,10-8?,20-15?,24-13?,25-16?,26-14+,27-17?,29-12?,30-11-. The molecule has 1 aromatic heterocycles. The number of rotatable bonds is 7. The summed E-state index contributed by atoms with van der Waals surface area (Å²) < 4.78 is 5.67. The zero-order valence-corrected chi connectivity index (χ0v) is 18.3. The minimum Gasteiger partial charge on any atom is -0.463 e. The predicted molar refractivity (Wildman–Crippen MR) is 133 cm³/mol. The fourth-order valence-electron chi connectivity index (χ4n) is 2.49. The summed E-state index contributed by atoms with van der Waals surface area (Å²) in [6.07, 6.45) is 9.70. The third-order valence-corrected chi connectivity index (χ3v) is 3.79. The van der Waals surface area contributed by atoms with Gasteiger partial charge >= 0.3 is 0 Å². The van der Waals surface area contributed by atoms with E-state index in [1.54, 1.807) is 36.7 Å². The Balaban J connectivity index is 3.56. The van der Waals surface area contributed by atoms with E-state index >= 15 is 0 Å². The van der Waals surface area contributed by atoms with Crippen LogP contribution >= 0.6 is 0 Å². The maximum atomic E-state index is 7.06. The van der Waals surface area contributed by atoms with E-state index in [9.17, 15) is 0 Å². The highest BCUT2D eigenvalue weighted by Gasteiger charge is 1.99. The Bertz CT molecular complexity index is 1130. The fourth-order valence-corrected chi connectivity index (χ4v) is 2.49. The highest BCUT2D eigenvalue weighted by atomic mass is 16.3. The van der Waals surface area contributed by atoms with E-state index in [-0.39, 0.29) is 0 Å². The van der Waals surface area contributed by atoms with Crippen LogP contribution in [0.15, 0.2) is 88.6 Å². The van der Waals surface area contributed by atoms with Crippen molar-refractivity contribution in [3.8, 4) is 0 Å². The molecule has 1 heterocycles. The molecular weight excluding hydrogens is 384 g/mol. The van der Waals surface area contributed by atoms with Crippen LogP contribution in [0.3, 0.4) is 0 Å². The van der Waals surface area contributed by atoms with Gasteiger partial charge in [0.2, 0.25) is 0 Å². The van der Waals surface area contributed by atoms with E-state index in [1.165, 1.54) is 0 Å². The van der Waals surface area contributed by atoms with E-state index < -0.39 is 0 Å². The van der Waals surface area contributed by atoms with Crippen LogP contribution in [-0.4, -0.2) is 24.0 Å². The number of aromatic nitrogens is 1. The average Bonchev–Trinajstić information content (AvgIpc) is 2.71. The summed E-state index contributed by atoms with van der Waals surface area (Å²) in [5.74, 6) is 0.717. The topological polar surface area (TPSA) is 88.3 Å². The maximum absolute atomic E-state index is 7.06. The predicted octanol–water partition coefficient (Wildman–Crippen LogP) is 4.05. The van der Waals surface area contributed by atoms with Gasteiger partial charge in [0.1, 0.15) is 11.2 Å². The summed E-state index contributed by atoms with van der Waals surface area (Å²) in [5.41, 5.74) is 10.4. The van der Waals surface area contributed by atoms with Gasteiger partial charge in [-0.2, -0.15) is 0 Å².